The molecule has 3 rings (SSSR count). The molecular weight excluding hydrogens is 246 g/mol. The van der Waals surface area contributed by atoms with Crippen molar-refractivity contribution in [1.82, 2.24) is 0 Å². The van der Waals surface area contributed by atoms with Crippen LogP contribution in [0.2, 0.25) is 0 Å². The van der Waals surface area contributed by atoms with Gasteiger partial charge in [0.25, 0.3) is 0 Å². The number of hydrogen-bond acceptors (Lipinski definition) is 2. The molecule has 0 aliphatic heterocycles. The molecule has 0 spiro atoms. The molecular formula is C18H17NO. The van der Waals surface area contributed by atoms with Crippen molar-refractivity contribution in [3.05, 3.63) is 72.3 Å². The molecule has 0 fully saturated rings. The first-order chi connectivity index (χ1) is 9.83. The lowest BCUT2D eigenvalue weighted by Crippen LogP contribution is -2.01. The molecule has 0 aliphatic carbocycles. The van der Waals surface area contributed by atoms with E-state index in [1.54, 1.807) is 0 Å². The fourth-order valence-corrected chi connectivity index (χ4v) is 2.28. The van der Waals surface area contributed by atoms with Crippen molar-refractivity contribution in [3.8, 4) is 5.75 Å². The van der Waals surface area contributed by atoms with E-state index in [0.717, 1.165) is 23.2 Å². The SMILES string of the molecule is Nc1ccc(CCOc2cccc3ccccc23)cc1. The van der Waals surface area contributed by atoms with Gasteiger partial charge in [-0.15, -0.1) is 0 Å². The largest absolute Gasteiger partial charge is 0.493 e. The second-order valence-electron chi connectivity index (χ2n) is 4.82. The van der Waals surface area contributed by atoms with Gasteiger partial charge in [-0.3, -0.25) is 0 Å². The number of ether oxygens (including phenoxy) is 1. The number of hydrogen-bond donors (Lipinski definition) is 1. The maximum Gasteiger partial charge on any atom is 0.127 e. The molecule has 2 nitrogen and oxygen atoms in total. The molecule has 3 aromatic carbocycles. The van der Waals surface area contributed by atoms with Crippen LogP contribution in [-0.4, -0.2) is 6.61 Å². The molecule has 3 aromatic rings. The van der Waals surface area contributed by atoms with Crippen molar-refractivity contribution in [2.45, 2.75) is 6.42 Å². The number of rotatable bonds is 4. The summed E-state index contributed by atoms with van der Waals surface area (Å²) in [5.74, 6) is 0.943. The molecule has 20 heavy (non-hydrogen) atoms. The third-order valence-corrected chi connectivity index (χ3v) is 3.38. The number of fused-ring (bicyclic) bond motifs is 1. The molecule has 0 heterocycles. The summed E-state index contributed by atoms with van der Waals surface area (Å²) >= 11 is 0. The molecule has 0 saturated heterocycles. The summed E-state index contributed by atoms with van der Waals surface area (Å²) in [5, 5.41) is 2.37. The Morgan fingerprint density at radius 1 is 0.800 bits per heavy atom. The zero-order valence-electron chi connectivity index (χ0n) is 11.3. The van der Waals surface area contributed by atoms with Gasteiger partial charge in [0.05, 0.1) is 6.61 Å². The van der Waals surface area contributed by atoms with Crippen LogP contribution in [-0.2, 0) is 6.42 Å². The summed E-state index contributed by atoms with van der Waals surface area (Å²) in [7, 11) is 0. The van der Waals surface area contributed by atoms with E-state index >= 15 is 0 Å². The van der Waals surface area contributed by atoms with Gasteiger partial charge in [0.2, 0.25) is 0 Å². The molecule has 0 amide bonds. The van der Waals surface area contributed by atoms with Gasteiger partial charge in [-0.05, 0) is 29.1 Å². The standard InChI is InChI=1S/C18H17NO/c19-16-10-8-14(9-11-16)12-13-20-18-7-3-5-15-4-1-2-6-17(15)18/h1-11H,12-13,19H2. The van der Waals surface area contributed by atoms with Gasteiger partial charge in [0.15, 0.2) is 0 Å². The van der Waals surface area contributed by atoms with Crippen molar-refractivity contribution >= 4 is 16.5 Å². The molecule has 100 valence electrons. The van der Waals surface area contributed by atoms with E-state index < -0.39 is 0 Å². The maximum atomic E-state index is 5.92. The predicted molar refractivity (Wildman–Crippen MR) is 84.0 cm³/mol. The lowest BCUT2D eigenvalue weighted by molar-refractivity contribution is 0.326. The summed E-state index contributed by atoms with van der Waals surface area (Å²) < 4.78 is 5.92. The summed E-state index contributed by atoms with van der Waals surface area (Å²) in [6, 6.07) is 22.4. The van der Waals surface area contributed by atoms with Crippen molar-refractivity contribution in [3.63, 3.8) is 0 Å². The summed E-state index contributed by atoms with van der Waals surface area (Å²) in [5.41, 5.74) is 7.71. The minimum atomic E-state index is 0.665. The summed E-state index contributed by atoms with van der Waals surface area (Å²) in [4.78, 5) is 0. The lowest BCUT2D eigenvalue weighted by Gasteiger charge is -2.09. The van der Waals surface area contributed by atoms with E-state index in [2.05, 4.69) is 18.2 Å². The molecule has 2 heteroatoms. The first-order valence-electron chi connectivity index (χ1n) is 6.78. The van der Waals surface area contributed by atoms with Crippen LogP contribution in [0.3, 0.4) is 0 Å². The lowest BCUT2D eigenvalue weighted by atomic mass is 10.1. The number of benzene rings is 3. The van der Waals surface area contributed by atoms with Crippen LogP contribution < -0.4 is 10.5 Å². The average molecular weight is 263 g/mol. The number of nitrogens with two attached hydrogens (primary N) is 1. The van der Waals surface area contributed by atoms with E-state index in [1.165, 1.54) is 10.9 Å². The van der Waals surface area contributed by atoms with E-state index in [1.807, 2.05) is 48.5 Å². The Hall–Kier alpha value is -2.48. The third-order valence-electron chi connectivity index (χ3n) is 3.38. The van der Waals surface area contributed by atoms with Crippen LogP contribution in [0.5, 0.6) is 5.75 Å². The van der Waals surface area contributed by atoms with E-state index in [0.29, 0.717) is 6.61 Å². The maximum absolute atomic E-state index is 5.92. The Morgan fingerprint density at radius 2 is 1.55 bits per heavy atom. The zero-order chi connectivity index (χ0) is 13.8. The van der Waals surface area contributed by atoms with Crippen LogP contribution in [0.15, 0.2) is 66.7 Å². The topological polar surface area (TPSA) is 35.2 Å². The molecule has 0 bridgehead atoms. The minimum absolute atomic E-state index is 0.665. The molecule has 2 N–H and O–H groups in total. The minimum Gasteiger partial charge on any atom is -0.493 e. The average Bonchev–Trinajstić information content (AvgIpc) is 2.49. The second kappa shape index (κ2) is 5.66. The summed E-state index contributed by atoms with van der Waals surface area (Å²) in [6.45, 7) is 0.665. The van der Waals surface area contributed by atoms with Gasteiger partial charge >= 0.3 is 0 Å². The van der Waals surface area contributed by atoms with Gasteiger partial charge in [0.1, 0.15) is 5.75 Å². The Morgan fingerprint density at radius 3 is 2.40 bits per heavy atom. The molecule has 0 aromatic heterocycles. The predicted octanol–water partition coefficient (Wildman–Crippen LogP) is 4.04. The monoisotopic (exact) mass is 263 g/mol. The first kappa shape index (κ1) is 12.5. The third kappa shape index (κ3) is 2.75. The Labute approximate surface area is 118 Å². The van der Waals surface area contributed by atoms with Crippen molar-refractivity contribution in [2.75, 3.05) is 12.3 Å². The fourth-order valence-electron chi connectivity index (χ4n) is 2.28. The molecule has 0 unspecified atom stereocenters. The Balaban J connectivity index is 1.69. The highest BCUT2D eigenvalue weighted by atomic mass is 16.5. The van der Waals surface area contributed by atoms with Crippen LogP contribution in [0.25, 0.3) is 10.8 Å². The number of anilines is 1. The molecule has 0 atom stereocenters. The van der Waals surface area contributed by atoms with Gasteiger partial charge in [0, 0.05) is 17.5 Å². The van der Waals surface area contributed by atoms with Crippen molar-refractivity contribution in [2.24, 2.45) is 0 Å². The number of nitrogen functional groups attached to an aromatic ring is 1. The Kier molecular flexibility index (Phi) is 3.55. The summed E-state index contributed by atoms with van der Waals surface area (Å²) in [6.07, 6.45) is 0.878. The normalized spacial score (nSPS) is 10.6. The molecule has 0 saturated carbocycles. The van der Waals surface area contributed by atoms with Crippen molar-refractivity contribution < 1.29 is 4.74 Å². The Bertz CT molecular complexity index is 699. The van der Waals surface area contributed by atoms with Crippen LogP contribution in [0.1, 0.15) is 5.56 Å². The first-order valence-corrected chi connectivity index (χ1v) is 6.78. The van der Waals surface area contributed by atoms with Gasteiger partial charge in [-0.25, -0.2) is 0 Å². The molecule has 0 aliphatic rings. The fraction of sp³-hybridized carbons (Fsp3) is 0.111. The van der Waals surface area contributed by atoms with Gasteiger partial charge in [-0.1, -0.05) is 48.5 Å². The van der Waals surface area contributed by atoms with Crippen LogP contribution in [0, 0.1) is 0 Å². The van der Waals surface area contributed by atoms with Gasteiger partial charge < -0.3 is 10.5 Å². The van der Waals surface area contributed by atoms with E-state index in [9.17, 15) is 0 Å². The second-order valence-corrected chi connectivity index (χ2v) is 4.82. The highest BCUT2D eigenvalue weighted by Gasteiger charge is 2.01. The smallest absolute Gasteiger partial charge is 0.127 e. The van der Waals surface area contributed by atoms with E-state index in [4.69, 9.17) is 10.5 Å². The van der Waals surface area contributed by atoms with Gasteiger partial charge in [-0.2, -0.15) is 0 Å². The highest BCUT2D eigenvalue weighted by Crippen LogP contribution is 2.25. The quantitative estimate of drug-likeness (QED) is 0.721. The molecule has 0 radical (unpaired) electrons. The van der Waals surface area contributed by atoms with E-state index in [-0.39, 0.29) is 0 Å². The van der Waals surface area contributed by atoms with Crippen LogP contribution in [0.4, 0.5) is 5.69 Å². The highest BCUT2D eigenvalue weighted by molar-refractivity contribution is 5.88. The zero-order valence-corrected chi connectivity index (χ0v) is 11.3. The van der Waals surface area contributed by atoms with Crippen molar-refractivity contribution in [1.29, 1.82) is 0 Å². The van der Waals surface area contributed by atoms with Crippen LogP contribution >= 0.6 is 0 Å².